The Morgan fingerprint density at radius 1 is 1.12 bits per heavy atom. The van der Waals surface area contributed by atoms with Crippen LogP contribution in [0, 0.1) is 23.7 Å². The van der Waals surface area contributed by atoms with Gasteiger partial charge in [-0.2, -0.15) is 0 Å². The first-order valence-corrected chi connectivity index (χ1v) is 17.7. The lowest BCUT2D eigenvalue weighted by molar-refractivity contribution is -0.129. The number of rotatable bonds is 8. The van der Waals surface area contributed by atoms with Crippen LogP contribution in [0.25, 0.3) is 0 Å². The van der Waals surface area contributed by atoms with Crippen LogP contribution in [0.2, 0.25) is 0 Å². The number of methoxy groups -OCH3 is 1. The van der Waals surface area contributed by atoms with Crippen LogP contribution in [-0.4, -0.2) is 74.4 Å². The third kappa shape index (κ3) is 15.4. The van der Waals surface area contributed by atoms with Crippen LogP contribution >= 0.6 is 0 Å². The van der Waals surface area contributed by atoms with E-state index in [9.17, 15) is 14.7 Å². The number of hydrogen-bond donors (Lipinski definition) is 5. The molecular formula is C40H68N4O5. The molecule has 2 amide bonds. The molecule has 0 fully saturated rings. The van der Waals surface area contributed by atoms with Crippen molar-refractivity contribution in [2.45, 2.75) is 93.1 Å². The number of phenols is 1. The predicted octanol–water partition coefficient (Wildman–Crippen LogP) is 6.93. The standard InChI is InChI=1S/C37H58N4O4.C2H6.CH4O/c1-23-16-27(5)32(22-35(38)42)25(3)13-11-12-24(2)29(7)40-34-20-30(21-36(43)41(9)15-14-39-8)19-33(37(34)44)28(6)26(4)18-31(17-23)45-10;2*1-2/h11-13,16,19-20,23,25-26,28,31-32,39-40,44H,7,14-15,17-18,21-22H2,1-6,8-10H3,(H2,38,42);1-2H3;2H,1H3/b13-11-,24-12+,27-16+;;/t23-,25?,26-,28?,31?,32?;;/m0../s1. The highest BCUT2D eigenvalue weighted by molar-refractivity contribution is 5.80. The van der Waals surface area contributed by atoms with Crippen LogP contribution in [0.15, 0.2) is 59.9 Å². The van der Waals surface area contributed by atoms with Gasteiger partial charge in [0.1, 0.15) is 5.75 Å². The van der Waals surface area contributed by atoms with Crippen molar-refractivity contribution in [2.75, 3.05) is 46.7 Å². The molecule has 1 heterocycles. The second kappa shape index (κ2) is 23.9. The number of anilines is 1. The molecule has 1 aliphatic rings. The Morgan fingerprint density at radius 2 is 1.76 bits per heavy atom. The Kier molecular flexibility index (Phi) is 22.2. The molecule has 1 aromatic rings. The third-order valence-electron chi connectivity index (χ3n) is 9.33. The first kappa shape index (κ1) is 45.6. The Labute approximate surface area is 297 Å². The van der Waals surface area contributed by atoms with Gasteiger partial charge in [-0.25, -0.2) is 0 Å². The molecule has 0 spiro atoms. The second-order valence-electron chi connectivity index (χ2n) is 13.1. The summed E-state index contributed by atoms with van der Waals surface area (Å²) >= 11 is 0. The number of phenolic OH excluding ortho intramolecular Hbond substituents is 1. The van der Waals surface area contributed by atoms with Gasteiger partial charge in [0, 0.05) is 46.5 Å². The summed E-state index contributed by atoms with van der Waals surface area (Å²) in [5.41, 5.74) is 10.5. The minimum absolute atomic E-state index is 0.00454. The van der Waals surface area contributed by atoms with Crippen LogP contribution in [0.1, 0.15) is 91.7 Å². The number of aliphatic hydroxyl groups is 1. The highest BCUT2D eigenvalue weighted by atomic mass is 16.5. The lowest BCUT2D eigenvalue weighted by Crippen LogP contribution is -2.33. The van der Waals surface area contributed by atoms with Gasteiger partial charge in [0.15, 0.2) is 0 Å². The summed E-state index contributed by atoms with van der Waals surface area (Å²) in [6, 6.07) is 3.82. The van der Waals surface area contributed by atoms with E-state index in [1.807, 2.05) is 59.2 Å². The molecule has 0 aliphatic carbocycles. The van der Waals surface area contributed by atoms with Crippen LogP contribution in [-0.2, 0) is 20.7 Å². The van der Waals surface area contributed by atoms with Crippen LogP contribution in [0.3, 0.4) is 0 Å². The van der Waals surface area contributed by atoms with Crippen molar-refractivity contribution < 1.29 is 24.5 Å². The molecule has 0 saturated carbocycles. The highest BCUT2D eigenvalue weighted by Crippen LogP contribution is 2.40. The smallest absolute Gasteiger partial charge is 0.226 e. The van der Waals surface area contributed by atoms with Crippen LogP contribution in [0.5, 0.6) is 5.75 Å². The van der Waals surface area contributed by atoms with Crippen LogP contribution in [0.4, 0.5) is 5.69 Å². The number of hydrogen-bond acceptors (Lipinski definition) is 7. The molecule has 4 unspecified atom stereocenters. The molecule has 2 bridgehead atoms. The molecular weight excluding hydrogens is 616 g/mol. The number of nitrogens with one attached hydrogen (secondary N) is 2. The second-order valence-corrected chi connectivity index (χ2v) is 13.1. The van der Waals surface area contributed by atoms with Gasteiger partial charge in [-0.3, -0.25) is 9.59 Å². The molecule has 9 heteroatoms. The van der Waals surface area contributed by atoms with Gasteiger partial charge in [0.05, 0.1) is 18.2 Å². The van der Waals surface area contributed by atoms with Crippen LogP contribution < -0.4 is 16.4 Å². The number of primary amides is 1. The number of ether oxygens (including phenoxy) is 1. The monoisotopic (exact) mass is 685 g/mol. The van der Waals surface area contributed by atoms with E-state index in [4.69, 9.17) is 15.6 Å². The van der Waals surface area contributed by atoms with Gasteiger partial charge in [0.2, 0.25) is 11.8 Å². The number of amides is 2. The summed E-state index contributed by atoms with van der Waals surface area (Å²) < 4.78 is 5.97. The number of allylic oxidation sites excluding steroid dienone is 6. The molecule has 49 heavy (non-hydrogen) atoms. The van der Waals surface area contributed by atoms with Crippen molar-refractivity contribution in [3.8, 4) is 5.75 Å². The van der Waals surface area contributed by atoms with Gasteiger partial charge >= 0.3 is 0 Å². The maximum atomic E-state index is 13.1. The average Bonchev–Trinajstić information content (AvgIpc) is 3.07. The van der Waals surface area contributed by atoms with Gasteiger partial charge in [-0.05, 0) is 86.1 Å². The zero-order chi connectivity index (χ0) is 37.8. The summed E-state index contributed by atoms with van der Waals surface area (Å²) in [5, 5.41) is 25.0. The van der Waals surface area contributed by atoms with Crippen molar-refractivity contribution >= 4 is 17.5 Å². The van der Waals surface area contributed by atoms with E-state index in [0.29, 0.717) is 24.5 Å². The summed E-state index contributed by atoms with van der Waals surface area (Å²) in [5.74, 6) is 0.343. The molecule has 2 rings (SSSR count). The number of fused-ring (bicyclic) bond motifs is 2. The first-order chi connectivity index (χ1) is 23.2. The van der Waals surface area contributed by atoms with Gasteiger partial charge in [-0.1, -0.05) is 84.1 Å². The third-order valence-corrected chi connectivity index (χ3v) is 9.33. The van der Waals surface area contributed by atoms with Crippen molar-refractivity contribution in [3.63, 3.8) is 0 Å². The number of carbonyl (C=O) groups is 2. The zero-order valence-corrected chi connectivity index (χ0v) is 32.5. The summed E-state index contributed by atoms with van der Waals surface area (Å²) in [4.78, 5) is 26.8. The Balaban J connectivity index is 0.00000554. The number of nitrogens with two attached hydrogens (primary N) is 1. The fourth-order valence-electron chi connectivity index (χ4n) is 6.10. The number of nitrogens with zero attached hydrogens (tertiary/aromatic N) is 1. The summed E-state index contributed by atoms with van der Waals surface area (Å²) in [7, 11) is 6.43. The molecule has 0 saturated heterocycles. The van der Waals surface area contributed by atoms with Crippen molar-refractivity contribution in [1.29, 1.82) is 0 Å². The lowest BCUT2D eigenvalue weighted by atomic mass is 9.81. The van der Waals surface area contributed by atoms with E-state index in [-0.39, 0.29) is 66.1 Å². The number of likely N-dealkylation sites (N-methyl/N-ethyl adjacent to an activating group) is 2. The Bertz CT molecular complexity index is 1270. The van der Waals surface area contributed by atoms with Gasteiger partial charge < -0.3 is 36.2 Å². The maximum absolute atomic E-state index is 13.1. The van der Waals surface area contributed by atoms with E-state index < -0.39 is 0 Å². The maximum Gasteiger partial charge on any atom is 0.226 e. The molecule has 9 nitrogen and oxygen atoms in total. The molecule has 1 aromatic carbocycles. The molecule has 0 aromatic heterocycles. The zero-order valence-electron chi connectivity index (χ0n) is 32.5. The topological polar surface area (TPSA) is 137 Å². The van der Waals surface area contributed by atoms with Crippen molar-refractivity contribution in [1.82, 2.24) is 10.2 Å². The SMILES string of the molecule is C=C1Nc2cc(CC(=O)N(C)CCNC)cc(c2O)C(C)[C@@H](C)CC(OC)C[C@@H](C)/C=C(\C)C(CC(N)=O)C(C)/C=C\C=C\1C.CC.CO. The highest BCUT2D eigenvalue weighted by Gasteiger charge is 2.26. The van der Waals surface area contributed by atoms with E-state index >= 15 is 0 Å². The quantitative estimate of drug-likeness (QED) is 0.148. The first-order valence-electron chi connectivity index (χ1n) is 17.7. The molecule has 278 valence electrons. The summed E-state index contributed by atoms with van der Waals surface area (Å²) in [6.07, 6.45) is 10.4. The van der Waals surface area contributed by atoms with E-state index in [1.165, 1.54) is 0 Å². The van der Waals surface area contributed by atoms with Crippen molar-refractivity contribution in [3.05, 3.63) is 71.0 Å². The minimum Gasteiger partial charge on any atom is -0.505 e. The van der Waals surface area contributed by atoms with Crippen molar-refractivity contribution in [2.24, 2.45) is 29.4 Å². The van der Waals surface area contributed by atoms with Gasteiger partial charge in [-0.15, -0.1) is 0 Å². The normalized spacial score (nSPS) is 26.2. The molecule has 0 radical (unpaired) electrons. The summed E-state index contributed by atoms with van der Waals surface area (Å²) in [6.45, 7) is 22.2. The molecule has 1 aliphatic heterocycles. The fraction of sp³-hybridized carbons (Fsp3) is 0.600. The largest absolute Gasteiger partial charge is 0.505 e. The molecule has 6 atom stereocenters. The molecule has 6 N–H and O–H groups in total. The Morgan fingerprint density at radius 3 is 2.33 bits per heavy atom. The van der Waals surface area contributed by atoms with E-state index in [1.54, 1.807) is 12.0 Å². The van der Waals surface area contributed by atoms with E-state index in [2.05, 4.69) is 64.0 Å². The fourth-order valence-corrected chi connectivity index (χ4v) is 6.10. The lowest BCUT2D eigenvalue weighted by Gasteiger charge is -2.28. The minimum atomic E-state index is -0.312. The van der Waals surface area contributed by atoms with E-state index in [0.717, 1.165) is 42.2 Å². The van der Waals surface area contributed by atoms with Gasteiger partial charge in [0.25, 0.3) is 0 Å². The number of aromatic hydroxyl groups is 1. The Hall–Kier alpha value is -3.40. The predicted molar refractivity (Wildman–Crippen MR) is 206 cm³/mol. The average molecular weight is 685 g/mol. The number of benzene rings is 1. The number of carbonyl (C=O) groups excluding carboxylic acids is 2. The number of aliphatic hydroxyl groups excluding tert-OH is 1.